The van der Waals surface area contributed by atoms with Crippen molar-refractivity contribution in [3.8, 4) is 0 Å². The average molecular weight is 411 g/mol. The second-order valence-corrected chi connectivity index (χ2v) is 8.04. The van der Waals surface area contributed by atoms with Crippen molar-refractivity contribution < 1.29 is 9.72 Å². The Hall–Kier alpha value is -2.93. The number of amides is 1. The van der Waals surface area contributed by atoms with Gasteiger partial charge in [-0.2, -0.15) is 0 Å². The molecule has 1 saturated heterocycles. The molecule has 0 saturated carbocycles. The number of benzene rings is 2. The van der Waals surface area contributed by atoms with Crippen LogP contribution in [0.2, 0.25) is 0 Å². The van der Waals surface area contributed by atoms with Gasteiger partial charge < -0.3 is 10.2 Å². The first-order chi connectivity index (χ1) is 14.3. The molecule has 7 heteroatoms. The van der Waals surface area contributed by atoms with Gasteiger partial charge in [0.2, 0.25) is 0 Å². The van der Waals surface area contributed by atoms with E-state index in [-0.39, 0.29) is 17.6 Å². The SMILES string of the molecule is Cc1cccc(N2CCN(CCC(C)NC(=O)c3cccc([N+](=O)[O-])c3C)CC2)c1. The molecule has 1 heterocycles. The number of nitrogens with zero attached hydrogens (tertiary/aromatic N) is 3. The zero-order valence-electron chi connectivity index (χ0n) is 17.9. The molecule has 0 aliphatic carbocycles. The van der Waals surface area contributed by atoms with Crippen LogP contribution in [0, 0.1) is 24.0 Å². The molecule has 1 atom stereocenters. The van der Waals surface area contributed by atoms with Crippen molar-refractivity contribution >= 4 is 17.3 Å². The minimum absolute atomic E-state index is 0.00837. The first-order valence-electron chi connectivity index (χ1n) is 10.4. The Morgan fingerprint density at radius 1 is 1.13 bits per heavy atom. The maximum atomic E-state index is 12.6. The van der Waals surface area contributed by atoms with Gasteiger partial charge in [0.15, 0.2) is 0 Å². The molecule has 30 heavy (non-hydrogen) atoms. The van der Waals surface area contributed by atoms with Gasteiger partial charge in [-0.3, -0.25) is 19.8 Å². The highest BCUT2D eigenvalue weighted by molar-refractivity contribution is 5.96. The van der Waals surface area contributed by atoms with Crippen molar-refractivity contribution in [2.75, 3.05) is 37.6 Å². The molecule has 1 aliphatic rings. The number of anilines is 1. The van der Waals surface area contributed by atoms with Crippen molar-refractivity contribution in [1.82, 2.24) is 10.2 Å². The summed E-state index contributed by atoms with van der Waals surface area (Å²) in [6.07, 6.45) is 0.837. The number of piperazine rings is 1. The van der Waals surface area contributed by atoms with Crippen LogP contribution in [0.15, 0.2) is 42.5 Å². The lowest BCUT2D eigenvalue weighted by molar-refractivity contribution is -0.385. The molecule has 0 radical (unpaired) electrons. The lowest BCUT2D eigenvalue weighted by atomic mass is 10.1. The number of aryl methyl sites for hydroxylation is 1. The Labute approximate surface area is 177 Å². The van der Waals surface area contributed by atoms with Crippen LogP contribution in [0.25, 0.3) is 0 Å². The van der Waals surface area contributed by atoms with Crippen molar-refractivity contribution in [2.45, 2.75) is 33.2 Å². The minimum atomic E-state index is -0.452. The van der Waals surface area contributed by atoms with E-state index in [1.54, 1.807) is 19.1 Å². The second-order valence-electron chi connectivity index (χ2n) is 8.04. The van der Waals surface area contributed by atoms with Crippen LogP contribution in [-0.4, -0.2) is 54.5 Å². The van der Waals surface area contributed by atoms with E-state index in [4.69, 9.17) is 0 Å². The standard InChI is InChI=1S/C23H30N4O3/c1-17-6-4-7-20(16-17)26-14-12-25(13-15-26)11-10-18(2)24-23(28)21-8-5-9-22(19(21)3)27(29)30/h4-9,16,18H,10-15H2,1-3H3,(H,24,28). The smallest absolute Gasteiger partial charge is 0.273 e. The fraction of sp³-hybridized carbons (Fsp3) is 0.435. The van der Waals surface area contributed by atoms with E-state index in [1.807, 2.05) is 6.92 Å². The van der Waals surface area contributed by atoms with Crippen molar-refractivity contribution in [3.63, 3.8) is 0 Å². The number of nitro groups is 1. The maximum Gasteiger partial charge on any atom is 0.273 e. The molecule has 1 amide bonds. The van der Waals surface area contributed by atoms with E-state index in [1.165, 1.54) is 17.3 Å². The summed E-state index contributed by atoms with van der Waals surface area (Å²) in [6, 6.07) is 13.2. The van der Waals surface area contributed by atoms with Gasteiger partial charge in [0, 0.05) is 61.6 Å². The Bertz CT molecular complexity index is 907. The third kappa shape index (κ3) is 5.36. The van der Waals surface area contributed by atoms with Gasteiger partial charge in [0.05, 0.1) is 4.92 Å². The lowest BCUT2D eigenvalue weighted by Crippen LogP contribution is -2.47. The van der Waals surface area contributed by atoms with Gasteiger partial charge in [0.25, 0.3) is 11.6 Å². The lowest BCUT2D eigenvalue weighted by Gasteiger charge is -2.36. The molecule has 1 unspecified atom stereocenters. The maximum absolute atomic E-state index is 12.6. The number of carbonyl (C=O) groups is 1. The summed E-state index contributed by atoms with van der Waals surface area (Å²) < 4.78 is 0. The predicted octanol–water partition coefficient (Wildman–Crippen LogP) is 3.54. The van der Waals surface area contributed by atoms with Crippen molar-refractivity contribution in [1.29, 1.82) is 0 Å². The van der Waals surface area contributed by atoms with Crippen LogP contribution < -0.4 is 10.2 Å². The molecule has 2 aromatic rings. The number of carbonyl (C=O) groups excluding carboxylic acids is 1. The van der Waals surface area contributed by atoms with Gasteiger partial charge in [-0.15, -0.1) is 0 Å². The first kappa shape index (κ1) is 21.8. The van der Waals surface area contributed by atoms with E-state index in [9.17, 15) is 14.9 Å². The summed E-state index contributed by atoms with van der Waals surface area (Å²) >= 11 is 0. The van der Waals surface area contributed by atoms with Gasteiger partial charge >= 0.3 is 0 Å². The van der Waals surface area contributed by atoms with Crippen LogP contribution in [0.1, 0.15) is 34.8 Å². The molecule has 3 rings (SSSR count). The fourth-order valence-corrected chi connectivity index (χ4v) is 3.87. The van der Waals surface area contributed by atoms with Crippen molar-refractivity contribution in [2.24, 2.45) is 0 Å². The van der Waals surface area contributed by atoms with Crippen LogP contribution in [0.4, 0.5) is 11.4 Å². The average Bonchev–Trinajstić information content (AvgIpc) is 2.72. The molecular formula is C23H30N4O3. The summed E-state index contributed by atoms with van der Waals surface area (Å²) in [7, 11) is 0. The summed E-state index contributed by atoms with van der Waals surface area (Å²) in [5.74, 6) is -0.257. The Kier molecular flexibility index (Phi) is 7.05. The molecule has 0 spiro atoms. The molecule has 7 nitrogen and oxygen atoms in total. The highest BCUT2D eigenvalue weighted by atomic mass is 16.6. The topological polar surface area (TPSA) is 78.7 Å². The van der Waals surface area contributed by atoms with E-state index >= 15 is 0 Å². The molecular weight excluding hydrogens is 380 g/mol. The molecule has 1 N–H and O–H groups in total. The highest BCUT2D eigenvalue weighted by Gasteiger charge is 2.21. The van der Waals surface area contributed by atoms with Crippen LogP contribution >= 0.6 is 0 Å². The number of nitrogens with one attached hydrogen (secondary N) is 1. The summed E-state index contributed by atoms with van der Waals surface area (Å²) in [5.41, 5.74) is 3.30. The number of nitro benzene ring substituents is 1. The number of hydrogen-bond donors (Lipinski definition) is 1. The normalized spacial score (nSPS) is 15.6. The quantitative estimate of drug-likeness (QED) is 0.558. The molecule has 0 bridgehead atoms. The Morgan fingerprint density at radius 2 is 1.83 bits per heavy atom. The van der Waals surface area contributed by atoms with Crippen LogP contribution in [-0.2, 0) is 0 Å². The number of rotatable bonds is 7. The van der Waals surface area contributed by atoms with Gasteiger partial charge in [-0.05, 0) is 51.0 Å². The Balaban J connectivity index is 1.46. The van der Waals surface area contributed by atoms with Crippen LogP contribution in [0.3, 0.4) is 0 Å². The molecule has 1 fully saturated rings. The number of hydrogen-bond acceptors (Lipinski definition) is 5. The third-order valence-electron chi connectivity index (χ3n) is 5.74. The Morgan fingerprint density at radius 3 is 2.50 bits per heavy atom. The predicted molar refractivity (Wildman–Crippen MR) is 119 cm³/mol. The summed E-state index contributed by atoms with van der Waals surface area (Å²) in [4.78, 5) is 28.1. The third-order valence-corrected chi connectivity index (χ3v) is 5.74. The highest BCUT2D eigenvalue weighted by Crippen LogP contribution is 2.21. The fourth-order valence-electron chi connectivity index (χ4n) is 3.87. The molecule has 160 valence electrons. The minimum Gasteiger partial charge on any atom is -0.369 e. The van der Waals surface area contributed by atoms with Crippen LogP contribution in [0.5, 0.6) is 0 Å². The monoisotopic (exact) mass is 410 g/mol. The van der Waals surface area contributed by atoms with E-state index < -0.39 is 4.92 Å². The first-order valence-corrected chi connectivity index (χ1v) is 10.4. The van der Waals surface area contributed by atoms with E-state index in [0.717, 1.165) is 39.1 Å². The molecule has 2 aromatic carbocycles. The molecule has 0 aromatic heterocycles. The second kappa shape index (κ2) is 9.71. The van der Waals surface area contributed by atoms with Gasteiger partial charge in [-0.1, -0.05) is 18.2 Å². The van der Waals surface area contributed by atoms with Crippen molar-refractivity contribution in [3.05, 3.63) is 69.3 Å². The van der Waals surface area contributed by atoms with Gasteiger partial charge in [0.1, 0.15) is 0 Å². The summed E-state index contributed by atoms with van der Waals surface area (Å²) in [5, 5.41) is 14.1. The van der Waals surface area contributed by atoms with E-state index in [0.29, 0.717) is 11.1 Å². The molecule has 1 aliphatic heterocycles. The zero-order chi connectivity index (χ0) is 21.7. The summed E-state index contributed by atoms with van der Waals surface area (Å²) in [6.45, 7) is 10.6. The van der Waals surface area contributed by atoms with E-state index in [2.05, 4.69) is 46.3 Å². The van der Waals surface area contributed by atoms with Gasteiger partial charge in [-0.25, -0.2) is 0 Å². The largest absolute Gasteiger partial charge is 0.369 e. The zero-order valence-corrected chi connectivity index (χ0v) is 17.9.